The smallest absolute Gasteiger partial charge is 0.120 e. The van der Waals surface area contributed by atoms with Gasteiger partial charge in [-0.15, -0.1) is 0 Å². The number of hydrogen-bond acceptors (Lipinski definition) is 2. The van der Waals surface area contributed by atoms with Gasteiger partial charge in [0.05, 0.1) is 13.2 Å². The SMILES string of the molecule is Brc1ccc(COCCOc2cccc(Br)c2)cc1. The lowest BCUT2D eigenvalue weighted by molar-refractivity contribution is 0.0889. The summed E-state index contributed by atoms with van der Waals surface area (Å²) in [5.74, 6) is 0.849. The van der Waals surface area contributed by atoms with E-state index in [0.29, 0.717) is 19.8 Å². The minimum Gasteiger partial charge on any atom is -0.491 e. The van der Waals surface area contributed by atoms with Crippen molar-refractivity contribution in [3.8, 4) is 5.75 Å². The molecule has 2 nitrogen and oxygen atoms in total. The zero-order valence-corrected chi connectivity index (χ0v) is 13.5. The maximum Gasteiger partial charge on any atom is 0.120 e. The number of rotatable bonds is 6. The molecule has 0 bridgehead atoms. The van der Waals surface area contributed by atoms with Gasteiger partial charge in [-0.25, -0.2) is 0 Å². The Morgan fingerprint density at radius 2 is 1.63 bits per heavy atom. The van der Waals surface area contributed by atoms with Crippen molar-refractivity contribution in [2.45, 2.75) is 6.61 Å². The van der Waals surface area contributed by atoms with Gasteiger partial charge in [0.25, 0.3) is 0 Å². The second kappa shape index (κ2) is 7.68. The van der Waals surface area contributed by atoms with Gasteiger partial charge in [0.2, 0.25) is 0 Å². The third kappa shape index (κ3) is 5.35. The lowest BCUT2D eigenvalue weighted by atomic mass is 10.2. The predicted octanol–water partition coefficient (Wildman–Crippen LogP) is 4.81. The first-order chi connectivity index (χ1) is 9.24. The average Bonchev–Trinajstić information content (AvgIpc) is 2.41. The molecule has 0 aliphatic carbocycles. The molecule has 0 N–H and O–H groups in total. The van der Waals surface area contributed by atoms with Crippen molar-refractivity contribution in [2.24, 2.45) is 0 Å². The number of ether oxygens (including phenoxy) is 2. The van der Waals surface area contributed by atoms with Crippen LogP contribution in [0.4, 0.5) is 0 Å². The summed E-state index contributed by atoms with van der Waals surface area (Å²) in [4.78, 5) is 0. The molecule has 19 heavy (non-hydrogen) atoms. The number of hydrogen-bond donors (Lipinski definition) is 0. The van der Waals surface area contributed by atoms with Crippen molar-refractivity contribution in [2.75, 3.05) is 13.2 Å². The van der Waals surface area contributed by atoms with Crippen molar-refractivity contribution in [3.05, 3.63) is 63.0 Å². The molecule has 0 spiro atoms. The zero-order chi connectivity index (χ0) is 13.5. The normalized spacial score (nSPS) is 10.4. The van der Waals surface area contributed by atoms with Gasteiger partial charge in [-0.1, -0.05) is 50.1 Å². The van der Waals surface area contributed by atoms with Gasteiger partial charge in [0, 0.05) is 8.95 Å². The van der Waals surface area contributed by atoms with E-state index in [-0.39, 0.29) is 0 Å². The highest BCUT2D eigenvalue weighted by Gasteiger charge is 1.96. The van der Waals surface area contributed by atoms with Gasteiger partial charge in [-0.3, -0.25) is 0 Å². The lowest BCUT2D eigenvalue weighted by Gasteiger charge is -2.07. The van der Waals surface area contributed by atoms with Gasteiger partial charge >= 0.3 is 0 Å². The molecule has 0 atom stereocenters. The fourth-order valence-electron chi connectivity index (χ4n) is 1.55. The minimum atomic E-state index is 0.549. The molecule has 0 amide bonds. The summed E-state index contributed by atoms with van der Waals surface area (Å²) in [5.41, 5.74) is 1.16. The molecule has 0 unspecified atom stereocenters. The molecule has 100 valence electrons. The topological polar surface area (TPSA) is 18.5 Å². The first-order valence-electron chi connectivity index (χ1n) is 5.94. The van der Waals surface area contributed by atoms with Gasteiger partial charge in [0.15, 0.2) is 0 Å². The fourth-order valence-corrected chi connectivity index (χ4v) is 2.19. The van der Waals surface area contributed by atoms with E-state index in [0.717, 1.165) is 20.3 Å². The van der Waals surface area contributed by atoms with Crippen LogP contribution in [0.1, 0.15) is 5.56 Å². The van der Waals surface area contributed by atoms with Crippen LogP contribution in [0.3, 0.4) is 0 Å². The molecule has 0 aliphatic rings. The van der Waals surface area contributed by atoms with Crippen LogP contribution < -0.4 is 4.74 Å². The third-order valence-electron chi connectivity index (χ3n) is 2.47. The molecular weight excluding hydrogens is 372 g/mol. The Morgan fingerprint density at radius 1 is 0.842 bits per heavy atom. The van der Waals surface area contributed by atoms with E-state index in [9.17, 15) is 0 Å². The summed E-state index contributed by atoms with van der Waals surface area (Å²) in [6.07, 6.45) is 0. The van der Waals surface area contributed by atoms with E-state index in [2.05, 4.69) is 31.9 Å². The summed E-state index contributed by atoms with van der Waals surface area (Å²) in [6.45, 7) is 1.73. The highest BCUT2D eigenvalue weighted by molar-refractivity contribution is 9.10. The molecule has 0 saturated heterocycles. The van der Waals surface area contributed by atoms with E-state index in [1.165, 1.54) is 0 Å². The minimum absolute atomic E-state index is 0.549. The third-order valence-corrected chi connectivity index (χ3v) is 3.50. The van der Waals surface area contributed by atoms with Crippen molar-refractivity contribution in [3.63, 3.8) is 0 Å². The predicted molar refractivity (Wildman–Crippen MR) is 83.4 cm³/mol. The quantitative estimate of drug-likeness (QED) is 0.664. The fraction of sp³-hybridized carbons (Fsp3) is 0.200. The Hall–Kier alpha value is -0.840. The average molecular weight is 386 g/mol. The Kier molecular flexibility index (Phi) is 5.89. The van der Waals surface area contributed by atoms with Crippen LogP contribution in [0, 0.1) is 0 Å². The monoisotopic (exact) mass is 384 g/mol. The standard InChI is InChI=1S/C15H14Br2O2/c16-13-6-4-12(5-7-13)11-18-8-9-19-15-3-1-2-14(17)10-15/h1-7,10H,8-9,11H2. The highest BCUT2D eigenvalue weighted by Crippen LogP contribution is 2.17. The van der Waals surface area contributed by atoms with Crippen LogP contribution in [-0.2, 0) is 11.3 Å². The maximum absolute atomic E-state index is 5.58. The van der Waals surface area contributed by atoms with E-state index < -0.39 is 0 Å². The molecule has 0 saturated carbocycles. The second-order valence-corrected chi connectivity index (χ2v) is 5.82. The Balaban J connectivity index is 1.66. The van der Waals surface area contributed by atoms with Gasteiger partial charge in [-0.2, -0.15) is 0 Å². The molecule has 2 aromatic rings. The second-order valence-electron chi connectivity index (χ2n) is 3.98. The number of benzene rings is 2. The van der Waals surface area contributed by atoms with Crippen molar-refractivity contribution in [1.82, 2.24) is 0 Å². The van der Waals surface area contributed by atoms with Crippen molar-refractivity contribution < 1.29 is 9.47 Å². The summed E-state index contributed by atoms with van der Waals surface area (Å²) in [5, 5.41) is 0. The summed E-state index contributed by atoms with van der Waals surface area (Å²) in [7, 11) is 0. The summed E-state index contributed by atoms with van der Waals surface area (Å²) < 4.78 is 13.2. The van der Waals surface area contributed by atoms with E-state index in [1.54, 1.807) is 0 Å². The van der Waals surface area contributed by atoms with Gasteiger partial charge < -0.3 is 9.47 Å². The molecule has 4 heteroatoms. The maximum atomic E-state index is 5.58. The molecular formula is C15H14Br2O2. The Labute approximate surface area is 130 Å². The largest absolute Gasteiger partial charge is 0.491 e. The van der Waals surface area contributed by atoms with Crippen LogP contribution in [0.5, 0.6) is 5.75 Å². The van der Waals surface area contributed by atoms with E-state index in [4.69, 9.17) is 9.47 Å². The molecule has 0 aliphatic heterocycles. The van der Waals surface area contributed by atoms with Crippen molar-refractivity contribution in [1.29, 1.82) is 0 Å². The highest BCUT2D eigenvalue weighted by atomic mass is 79.9. The summed E-state index contributed by atoms with van der Waals surface area (Å²) >= 11 is 6.81. The first kappa shape index (κ1) is 14.6. The Bertz CT molecular complexity index is 512. The first-order valence-corrected chi connectivity index (χ1v) is 7.53. The van der Waals surface area contributed by atoms with Crippen LogP contribution >= 0.6 is 31.9 Å². The molecule has 0 heterocycles. The van der Waals surface area contributed by atoms with Crippen molar-refractivity contribution >= 4 is 31.9 Å². The Morgan fingerprint density at radius 3 is 2.37 bits per heavy atom. The van der Waals surface area contributed by atoms with E-state index >= 15 is 0 Å². The van der Waals surface area contributed by atoms with Crippen LogP contribution in [-0.4, -0.2) is 13.2 Å². The lowest BCUT2D eigenvalue weighted by Crippen LogP contribution is -2.06. The molecule has 0 radical (unpaired) electrons. The van der Waals surface area contributed by atoms with Crippen LogP contribution in [0.2, 0.25) is 0 Å². The molecule has 0 aromatic heterocycles. The molecule has 0 fully saturated rings. The van der Waals surface area contributed by atoms with Gasteiger partial charge in [-0.05, 0) is 35.9 Å². The van der Waals surface area contributed by atoms with E-state index in [1.807, 2.05) is 48.5 Å². The molecule has 2 aromatic carbocycles. The summed E-state index contributed by atoms with van der Waals surface area (Å²) in [6, 6.07) is 15.9. The number of halogens is 2. The van der Waals surface area contributed by atoms with Crippen LogP contribution in [0.15, 0.2) is 57.5 Å². The zero-order valence-electron chi connectivity index (χ0n) is 10.3. The van der Waals surface area contributed by atoms with Gasteiger partial charge in [0.1, 0.15) is 12.4 Å². The molecule has 2 rings (SSSR count). The van der Waals surface area contributed by atoms with Crippen LogP contribution in [0.25, 0.3) is 0 Å².